The van der Waals surface area contributed by atoms with Crippen LogP contribution < -0.4 is 25.0 Å². The Balaban J connectivity index is 0.625. The van der Waals surface area contributed by atoms with Crippen LogP contribution in [-0.2, 0) is 26.2 Å². The van der Waals surface area contributed by atoms with Gasteiger partial charge in [0.25, 0.3) is 27.5 Å². The molecule has 1 aliphatic carbocycles. The number of halogens is 1. The van der Waals surface area contributed by atoms with E-state index in [-0.39, 0.29) is 46.6 Å². The topological polar surface area (TPSA) is 233 Å². The number of nitro groups is 1. The van der Waals surface area contributed by atoms with Crippen LogP contribution >= 0.6 is 11.6 Å². The summed E-state index contributed by atoms with van der Waals surface area (Å²) in [6, 6.07) is 25.4. The summed E-state index contributed by atoms with van der Waals surface area (Å²) in [5, 5.41) is 19.6. The maximum Gasteiger partial charge on any atom is 0.293 e. The van der Waals surface area contributed by atoms with E-state index >= 15 is 0 Å². The number of carbonyl (C=O) groups is 4. The summed E-state index contributed by atoms with van der Waals surface area (Å²) in [4.78, 5) is 79.2. The predicted molar refractivity (Wildman–Crippen MR) is 349 cm³/mol. The first kappa shape index (κ1) is 63.5. The number of amides is 4. The van der Waals surface area contributed by atoms with Crippen LogP contribution in [0.2, 0.25) is 5.02 Å². The largest absolute Gasteiger partial charge is 0.455 e. The number of aromatic amines is 1. The number of H-pyrrole nitrogens is 1. The van der Waals surface area contributed by atoms with Gasteiger partial charge in [-0.05, 0) is 160 Å². The lowest BCUT2D eigenvalue weighted by Gasteiger charge is -2.39. The number of hydrogen-bond donors (Lipinski definition) is 4. The molecule has 90 heavy (non-hydrogen) atoms. The van der Waals surface area contributed by atoms with E-state index in [1.54, 1.807) is 41.4 Å². The Morgan fingerprint density at radius 2 is 1.63 bits per heavy atom. The number of imide groups is 1. The number of nitrogens with zero attached hydrogens (tertiary/aromatic N) is 6. The fourth-order valence-electron chi connectivity index (χ4n) is 13.2. The number of benzene rings is 4. The van der Waals surface area contributed by atoms with Gasteiger partial charge in [-0.3, -0.25) is 39.5 Å². The number of likely N-dealkylation sites (tertiary alicyclic amines) is 1. The highest BCUT2D eigenvalue weighted by Gasteiger charge is 2.40. The smallest absolute Gasteiger partial charge is 0.293 e. The summed E-state index contributed by atoms with van der Waals surface area (Å²) in [5.74, 6) is 5.43. The van der Waals surface area contributed by atoms with Gasteiger partial charge in [-0.1, -0.05) is 93.2 Å². The second kappa shape index (κ2) is 28.4. The highest BCUT2D eigenvalue weighted by Crippen LogP contribution is 2.44. The normalized spacial score (nSPS) is 18.3. The zero-order chi connectivity index (χ0) is 62.9. The number of pyridine rings is 1. The third-order valence-corrected chi connectivity index (χ3v) is 20.0. The highest BCUT2D eigenvalue weighted by molar-refractivity contribution is 7.90. The van der Waals surface area contributed by atoms with Crippen molar-refractivity contribution in [1.82, 2.24) is 34.7 Å². The molecule has 0 radical (unpaired) electrons. The fourth-order valence-corrected chi connectivity index (χ4v) is 14.3. The molecule has 472 valence electrons. The SMILES string of the molecule is CC1(C)CCC(CN2CCN(c3ccc(C(=O)NS(=O)(=O)c4ccc(NCC5CCN(CCCCCCCCCC#Cc6cccc7c6CN(C6CCC(=O)NC6=O)C7=O)CC5)c([N+](=O)[O-])c4)c(Oc4cnc5[nH]ccc5c4)c3)CC2)=C(c2ccc(Cl)cc2)C1. The van der Waals surface area contributed by atoms with Gasteiger partial charge < -0.3 is 29.7 Å². The van der Waals surface area contributed by atoms with E-state index in [9.17, 15) is 37.7 Å². The average molecular weight is 1260 g/mol. The van der Waals surface area contributed by atoms with E-state index < -0.39 is 43.4 Å². The van der Waals surface area contributed by atoms with Gasteiger partial charge in [-0.25, -0.2) is 18.1 Å². The van der Waals surface area contributed by atoms with Crippen molar-refractivity contribution in [3.63, 3.8) is 0 Å². The number of piperazine rings is 1. The van der Waals surface area contributed by atoms with Crippen molar-refractivity contribution in [1.29, 1.82) is 0 Å². The van der Waals surface area contributed by atoms with Crippen LogP contribution in [0.5, 0.6) is 11.5 Å². The van der Waals surface area contributed by atoms with Crippen LogP contribution in [0.4, 0.5) is 17.1 Å². The zero-order valence-electron chi connectivity index (χ0n) is 51.3. The van der Waals surface area contributed by atoms with Crippen molar-refractivity contribution in [2.24, 2.45) is 11.3 Å². The Morgan fingerprint density at radius 3 is 2.40 bits per heavy atom. The number of unbranched alkanes of at least 4 members (excludes halogenated alkanes) is 7. The van der Waals surface area contributed by atoms with Crippen LogP contribution in [0.15, 0.2) is 114 Å². The molecule has 2 aromatic heterocycles. The molecule has 19 nitrogen and oxygen atoms in total. The molecular weight excluding hydrogens is 1180 g/mol. The molecular formula is C69H79ClN10O9S. The van der Waals surface area contributed by atoms with Gasteiger partial charge in [0.2, 0.25) is 11.8 Å². The van der Waals surface area contributed by atoms with Crippen LogP contribution in [0, 0.1) is 33.3 Å². The van der Waals surface area contributed by atoms with E-state index in [0.717, 1.165) is 143 Å². The molecule has 6 heterocycles. The Bertz CT molecular complexity index is 3880. The molecule has 3 saturated heterocycles. The number of allylic oxidation sites excluding steroid dienone is 1. The molecule has 4 N–H and O–H groups in total. The minimum absolute atomic E-state index is 0.0439. The van der Waals surface area contributed by atoms with Gasteiger partial charge >= 0.3 is 0 Å². The molecule has 4 aromatic carbocycles. The Morgan fingerprint density at radius 1 is 0.867 bits per heavy atom. The maximum atomic E-state index is 14.2. The first-order chi connectivity index (χ1) is 43.4. The van der Waals surface area contributed by atoms with Gasteiger partial charge in [-0.15, -0.1) is 0 Å². The van der Waals surface area contributed by atoms with Crippen molar-refractivity contribution >= 4 is 78.9 Å². The van der Waals surface area contributed by atoms with E-state index in [4.69, 9.17) is 16.3 Å². The minimum Gasteiger partial charge on any atom is -0.455 e. The Kier molecular flexibility index (Phi) is 20.0. The van der Waals surface area contributed by atoms with Crippen molar-refractivity contribution < 1.29 is 37.3 Å². The van der Waals surface area contributed by atoms with Crippen molar-refractivity contribution in [3.05, 3.63) is 152 Å². The first-order valence-electron chi connectivity index (χ1n) is 31.7. The number of fused-ring (bicyclic) bond motifs is 2. The third-order valence-electron chi connectivity index (χ3n) is 18.4. The lowest BCUT2D eigenvalue weighted by atomic mass is 9.72. The number of ether oxygens (including phenoxy) is 1. The summed E-state index contributed by atoms with van der Waals surface area (Å²) in [7, 11) is -4.61. The number of sulfonamides is 1. The Hall–Kier alpha value is -8.09. The van der Waals surface area contributed by atoms with E-state index in [1.165, 1.54) is 47.9 Å². The number of aromatic nitrogens is 2. The van der Waals surface area contributed by atoms with Crippen molar-refractivity contribution in [3.8, 4) is 23.3 Å². The second-order valence-corrected chi connectivity index (χ2v) is 27.5. The maximum absolute atomic E-state index is 14.2. The standard InChI is InChI=1S/C69H79ClN10O9S/c1-69(2)30-26-51(58(42-69)49-16-18-52(70)19-17-49)45-77-35-37-78(38-36-77)53-20-22-57(63(40-53)89-54-39-50-27-31-71-65(50)73-44-54)66(82)75-90(87,88)55-21-23-60(62(41-55)80(85)86)72-43-47-28-33-76(34-29-47)32-11-9-7-5-3-4-6-8-10-13-48-14-12-15-56-59(48)46-79(68(56)84)61-24-25-64(81)74-67(61)83/h12,14-23,27,31,39-41,44,47,61,72H,3-9,11,24-26,28-30,32-38,42-43,45-46H2,1-2H3,(H,71,73)(H,75,82)(H,74,81,83). The molecule has 1 atom stereocenters. The number of hydrogen-bond acceptors (Lipinski definition) is 14. The zero-order valence-corrected chi connectivity index (χ0v) is 52.9. The van der Waals surface area contributed by atoms with E-state index in [1.807, 2.05) is 30.3 Å². The molecule has 0 spiro atoms. The number of piperidine rings is 2. The van der Waals surface area contributed by atoms with Crippen LogP contribution in [-0.4, -0.2) is 127 Å². The lowest BCUT2D eigenvalue weighted by Crippen LogP contribution is -2.52. The number of anilines is 2. The molecule has 5 aliphatic rings. The summed E-state index contributed by atoms with van der Waals surface area (Å²) in [6.45, 7) is 12.3. The van der Waals surface area contributed by atoms with Gasteiger partial charge in [0.15, 0.2) is 0 Å². The summed E-state index contributed by atoms with van der Waals surface area (Å²) < 4.78 is 36.5. The molecule has 6 aromatic rings. The third kappa shape index (κ3) is 15.5. The quantitative estimate of drug-likeness (QED) is 0.0154. The van der Waals surface area contributed by atoms with Crippen molar-refractivity contribution in [2.45, 2.75) is 128 Å². The predicted octanol–water partition coefficient (Wildman–Crippen LogP) is 11.9. The number of rotatable bonds is 23. The number of carbonyl (C=O) groups excluding carboxylic acids is 4. The number of nitro benzene ring substituents is 1. The summed E-state index contributed by atoms with van der Waals surface area (Å²) in [6.07, 6.45) is 17.5. The summed E-state index contributed by atoms with van der Waals surface area (Å²) >= 11 is 6.28. The molecule has 0 bridgehead atoms. The molecule has 11 rings (SSSR count). The summed E-state index contributed by atoms with van der Waals surface area (Å²) in [5.41, 5.74) is 7.73. The molecule has 21 heteroatoms. The van der Waals surface area contributed by atoms with E-state index in [0.29, 0.717) is 49.6 Å². The van der Waals surface area contributed by atoms with Gasteiger partial charge in [0, 0.05) is 104 Å². The monoisotopic (exact) mass is 1260 g/mol. The molecule has 0 saturated carbocycles. The molecule has 4 aliphatic heterocycles. The first-order valence-corrected chi connectivity index (χ1v) is 33.6. The van der Waals surface area contributed by atoms with Crippen LogP contribution in [0.3, 0.4) is 0 Å². The minimum atomic E-state index is -4.61. The van der Waals surface area contributed by atoms with Gasteiger partial charge in [0.1, 0.15) is 28.9 Å². The van der Waals surface area contributed by atoms with Gasteiger partial charge in [0.05, 0.1) is 21.6 Å². The average Bonchev–Trinajstić information content (AvgIpc) is 1.53. The Labute approximate surface area is 531 Å². The molecule has 3 fully saturated rings. The lowest BCUT2D eigenvalue weighted by molar-refractivity contribution is -0.384. The fraction of sp³-hybridized carbons (Fsp3) is 0.435. The van der Waals surface area contributed by atoms with E-state index in [2.05, 4.69) is 77.8 Å². The molecule has 4 amide bonds. The van der Waals surface area contributed by atoms with Crippen molar-refractivity contribution in [2.75, 3.05) is 69.1 Å². The van der Waals surface area contributed by atoms with Crippen LogP contribution in [0.1, 0.15) is 148 Å². The van der Waals surface area contributed by atoms with Crippen LogP contribution in [0.25, 0.3) is 16.6 Å². The highest BCUT2D eigenvalue weighted by atomic mass is 35.5. The second-order valence-electron chi connectivity index (χ2n) is 25.4. The molecule has 1 unspecified atom stereocenters. The number of nitrogens with one attached hydrogen (secondary N) is 4. The van der Waals surface area contributed by atoms with Gasteiger partial charge in [-0.2, -0.15) is 0 Å².